The third-order valence-electron chi connectivity index (χ3n) is 5.22. The second kappa shape index (κ2) is 5.71. The van der Waals surface area contributed by atoms with Crippen LogP contribution in [0.15, 0.2) is 0 Å². The molecule has 1 aliphatic heterocycles. The van der Waals surface area contributed by atoms with Gasteiger partial charge in [0.25, 0.3) is 0 Å². The van der Waals surface area contributed by atoms with Crippen LogP contribution in [-0.2, 0) is 4.74 Å². The van der Waals surface area contributed by atoms with Gasteiger partial charge < -0.3 is 10.1 Å². The molecule has 1 heterocycles. The van der Waals surface area contributed by atoms with Crippen LogP contribution in [0.3, 0.4) is 0 Å². The van der Waals surface area contributed by atoms with Gasteiger partial charge in [0.2, 0.25) is 0 Å². The topological polar surface area (TPSA) is 24.5 Å². The van der Waals surface area contributed by atoms with E-state index in [-0.39, 0.29) is 0 Å². The summed E-state index contributed by atoms with van der Waals surface area (Å²) in [5.41, 5.74) is 0.376. The van der Waals surface area contributed by atoms with E-state index >= 15 is 0 Å². The van der Waals surface area contributed by atoms with Crippen molar-refractivity contribution in [3.63, 3.8) is 0 Å². The molecule has 2 unspecified atom stereocenters. The zero-order valence-corrected chi connectivity index (χ0v) is 12.7. The molecule has 3 heteroatoms. The van der Waals surface area contributed by atoms with E-state index in [0.717, 1.165) is 31.6 Å². The van der Waals surface area contributed by atoms with Crippen LogP contribution in [-0.4, -0.2) is 49.3 Å². The lowest BCUT2D eigenvalue weighted by Crippen LogP contribution is -2.63. The summed E-state index contributed by atoms with van der Waals surface area (Å²) in [5, 5.41) is 3.79. The van der Waals surface area contributed by atoms with Gasteiger partial charge in [-0.15, -0.1) is 0 Å². The largest absolute Gasteiger partial charge is 0.381 e. The van der Waals surface area contributed by atoms with Crippen molar-refractivity contribution >= 4 is 0 Å². The lowest BCUT2D eigenvalue weighted by molar-refractivity contribution is 0.0643. The highest BCUT2D eigenvalue weighted by molar-refractivity contribution is 5.03. The number of hydrogen-bond acceptors (Lipinski definition) is 3. The highest BCUT2D eigenvalue weighted by Crippen LogP contribution is 2.41. The molecule has 0 spiro atoms. The van der Waals surface area contributed by atoms with Crippen LogP contribution in [0.5, 0.6) is 0 Å². The highest BCUT2D eigenvalue weighted by Gasteiger charge is 2.45. The van der Waals surface area contributed by atoms with E-state index in [1.54, 1.807) is 0 Å². The predicted octanol–water partition coefficient (Wildman–Crippen LogP) is 2.27. The third-order valence-corrected chi connectivity index (χ3v) is 5.22. The van der Waals surface area contributed by atoms with E-state index in [4.69, 9.17) is 4.74 Å². The first-order valence-corrected chi connectivity index (χ1v) is 8.24. The van der Waals surface area contributed by atoms with Crippen molar-refractivity contribution in [1.29, 1.82) is 0 Å². The van der Waals surface area contributed by atoms with Gasteiger partial charge in [0.1, 0.15) is 0 Å². The molecule has 2 aliphatic carbocycles. The maximum absolute atomic E-state index is 5.75. The van der Waals surface area contributed by atoms with E-state index in [2.05, 4.69) is 24.1 Å². The van der Waals surface area contributed by atoms with E-state index in [9.17, 15) is 0 Å². The van der Waals surface area contributed by atoms with Gasteiger partial charge in [-0.3, -0.25) is 4.90 Å². The van der Waals surface area contributed by atoms with Gasteiger partial charge in [0.05, 0.1) is 0 Å². The quantitative estimate of drug-likeness (QED) is 0.715. The molecule has 3 fully saturated rings. The molecule has 0 aromatic heterocycles. The van der Waals surface area contributed by atoms with Crippen LogP contribution in [0.25, 0.3) is 0 Å². The number of ether oxygens (including phenoxy) is 1. The molecule has 3 aliphatic rings. The molecule has 0 amide bonds. The Balaban J connectivity index is 1.37. The summed E-state index contributed by atoms with van der Waals surface area (Å²) in [5.74, 6) is 1.82. The fraction of sp³-hybridized carbons (Fsp3) is 1.00. The first kappa shape index (κ1) is 13.8. The summed E-state index contributed by atoms with van der Waals surface area (Å²) >= 11 is 0. The molecule has 0 aromatic rings. The summed E-state index contributed by atoms with van der Waals surface area (Å²) in [6, 6.07) is 0.676. The van der Waals surface area contributed by atoms with Gasteiger partial charge in [-0.2, -0.15) is 0 Å². The average Bonchev–Trinajstić information content (AvgIpc) is 3.26. The fourth-order valence-corrected chi connectivity index (χ4v) is 3.34. The summed E-state index contributed by atoms with van der Waals surface area (Å²) in [7, 11) is 0. The molecule has 1 N–H and O–H groups in total. The number of nitrogens with one attached hydrogen (secondary N) is 1. The van der Waals surface area contributed by atoms with Gasteiger partial charge >= 0.3 is 0 Å². The Morgan fingerprint density at radius 2 is 2.05 bits per heavy atom. The van der Waals surface area contributed by atoms with Gasteiger partial charge in [-0.25, -0.2) is 0 Å². The Kier molecular flexibility index (Phi) is 4.16. The van der Waals surface area contributed by atoms with Gasteiger partial charge in [0, 0.05) is 44.4 Å². The van der Waals surface area contributed by atoms with Gasteiger partial charge in [-0.05, 0) is 57.8 Å². The fourth-order valence-electron chi connectivity index (χ4n) is 3.34. The molecule has 2 atom stereocenters. The zero-order chi connectivity index (χ0) is 13.3. The summed E-state index contributed by atoms with van der Waals surface area (Å²) in [4.78, 5) is 2.68. The van der Waals surface area contributed by atoms with Crippen LogP contribution in [0.1, 0.15) is 46.0 Å². The Morgan fingerprint density at radius 1 is 1.26 bits per heavy atom. The van der Waals surface area contributed by atoms with Crippen molar-refractivity contribution in [1.82, 2.24) is 10.2 Å². The van der Waals surface area contributed by atoms with Crippen molar-refractivity contribution < 1.29 is 4.74 Å². The van der Waals surface area contributed by atoms with E-state index in [1.807, 2.05) is 0 Å². The van der Waals surface area contributed by atoms with E-state index in [0.29, 0.717) is 11.6 Å². The van der Waals surface area contributed by atoms with Crippen LogP contribution in [0.4, 0.5) is 0 Å². The summed E-state index contributed by atoms with van der Waals surface area (Å²) < 4.78 is 5.75. The summed E-state index contributed by atoms with van der Waals surface area (Å²) in [6.07, 6.45) is 6.84. The highest BCUT2D eigenvalue weighted by atomic mass is 16.5. The third kappa shape index (κ3) is 3.71. The van der Waals surface area contributed by atoms with E-state index < -0.39 is 0 Å². The van der Waals surface area contributed by atoms with Crippen molar-refractivity contribution in [3.05, 3.63) is 0 Å². The van der Waals surface area contributed by atoms with Gasteiger partial charge in [0.15, 0.2) is 0 Å². The minimum atomic E-state index is 0.376. The molecule has 0 radical (unpaired) electrons. The molecular formula is C16H30N2O. The molecule has 19 heavy (non-hydrogen) atoms. The first-order chi connectivity index (χ1) is 9.17. The minimum Gasteiger partial charge on any atom is -0.381 e. The Hall–Kier alpha value is -0.120. The smallest absolute Gasteiger partial charge is 0.0494 e. The maximum atomic E-state index is 5.75. The van der Waals surface area contributed by atoms with Crippen LogP contribution in [0, 0.1) is 11.8 Å². The molecule has 3 nitrogen and oxygen atoms in total. The standard InChI is InChI=1S/C16H30N2O/c1-13-10-17-16(2,15-6-7-15)12-18(13)8-3-9-19-11-14-4-5-14/h13-15,17H,3-12H2,1-2H3. The van der Waals surface area contributed by atoms with Crippen molar-refractivity contribution in [2.75, 3.05) is 32.8 Å². The Labute approximate surface area is 118 Å². The lowest BCUT2D eigenvalue weighted by Gasteiger charge is -2.45. The Bertz CT molecular complexity index is 301. The van der Waals surface area contributed by atoms with Crippen molar-refractivity contribution in [3.8, 4) is 0 Å². The summed E-state index contributed by atoms with van der Waals surface area (Å²) in [6.45, 7) is 10.3. The van der Waals surface area contributed by atoms with Crippen molar-refractivity contribution in [2.24, 2.45) is 11.8 Å². The Morgan fingerprint density at radius 3 is 2.74 bits per heavy atom. The first-order valence-electron chi connectivity index (χ1n) is 8.24. The number of nitrogens with zero attached hydrogens (tertiary/aromatic N) is 1. The second-order valence-corrected chi connectivity index (χ2v) is 7.26. The SMILES string of the molecule is CC1CNC(C)(C2CC2)CN1CCCOCC1CC1. The molecule has 0 aromatic carbocycles. The average molecular weight is 266 g/mol. The predicted molar refractivity (Wildman–Crippen MR) is 78.3 cm³/mol. The monoisotopic (exact) mass is 266 g/mol. The molecule has 2 saturated carbocycles. The normalized spacial score (nSPS) is 36.6. The molecule has 110 valence electrons. The number of rotatable bonds is 7. The molecular weight excluding hydrogens is 236 g/mol. The minimum absolute atomic E-state index is 0.376. The van der Waals surface area contributed by atoms with E-state index in [1.165, 1.54) is 45.2 Å². The zero-order valence-electron chi connectivity index (χ0n) is 12.7. The van der Waals surface area contributed by atoms with Crippen LogP contribution >= 0.6 is 0 Å². The number of piperazine rings is 1. The van der Waals surface area contributed by atoms with Gasteiger partial charge in [-0.1, -0.05) is 0 Å². The van der Waals surface area contributed by atoms with Crippen molar-refractivity contribution in [2.45, 2.75) is 57.5 Å². The molecule has 3 rings (SSSR count). The molecule has 1 saturated heterocycles. The van der Waals surface area contributed by atoms with Crippen LogP contribution < -0.4 is 5.32 Å². The molecule has 0 bridgehead atoms. The second-order valence-electron chi connectivity index (χ2n) is 7.26. The maximum Gasteiger partial charge on any atom is 0.0494 e. The number of hydrogen-bond donors (Lipinski definition) is 1. The van der Waals surface area contributed by atoms with Crippen LogP contribution in [0.2, 0.25) is 0 Å². The lowest BCUT2D eigenvalue weighted by atomic mass is 9.91.